The van der Waals surface area contributed by atoms with Crippen molar-refractivity contribution in [2.75, 3.05) is 31.3 Å². The number of hydrogen-bond donors (Lipinski definition) is 3. The largest absolute Gasteiger partial charge is 0.399 e. The van der Waals surface area contributed by atoms with Crippen molar-refractivity contribution in [3.8, 4) is 0 Å². The first kappa shape index (κ1) is 12.5. The van der Waals surface area contributed by atoms with E-state index in [0.29, 0.717) is 18.1 Å². The van der Waals surface area contributed by atoms with Crippen LogP contribution < -0.4 is 11.1 Å². The van der Waals surface area contributed by atoms with Crippen LogP contribution >= 0.6 is 0 Å². The molecule has 0 aliphatic carbocycles. The molecule has 18 heavy (non-hydrogen) atoms. The Kier molecular flexibility index (Phi) is 3.91. The van der Waals surface area contributed by atoms with Crippen molar-refractivity contribution < 1.29 is 9.84 Å². The van der Waals surface area contributed by atoms with Gasteiger partial charge in [0.15, 0.2) is 0 Å². The standard InChI is InChI=1S/C12H16N4O2/c1-18-6-9(17)5-14-12-10-3-2-8(13)4-11(10)15-7-16-12/h2-4,7,9,17H,5-6,13H2,1H3,(H,14,15,16). The summed E-state index contributed by atoms with van der Waals surface area (Å²) in [4.78, 5) is 8.30. The number of hydrogen-bond acceptors (Lipinski definition) is 6. The van der Waals surface area contributed by atoms with Crippen LogP contribution in [0.25, 0.3) is 10.9 Å². The molecule has 0 saturated carbocycles. The Morgan fingerprint density at radius 2 is 2.28 bits per heavy atom. The predicted molar refractivity (Wildman–Crippen MR) is 70.3 cm³/mol. The van der Waals surface area contributed by atoms with Crippen molar-refractivity contribution in [2.24, 2.45) is 0 Å². The van der Waals surface area contributed by atoms with E-state index in [2.05, 4.69) is 15.3 Å². The number of nitrogens with one attached hydrogen (secondary N) is 1. The molecule has 6 heteroatoms. The fraction of sp³-hybridized carbons (Fsp3) is 0.333. The molecule has 0 amide bonds. The monoisotopic (exact) mass is 248 g/mol. The number of benzene rings is 1. The second kappa shape index (κ2) is 5.61. The van der Waals surface area contributed by atoms with Crippen LogP contribution in [0.2, 0.25) is 0 Å². The van der Waals surface area contributed by atoms with E-state index in [1.54, 1.807) is 19.2 Å². The minimum absolute atomic E-state index is 0.281. The van der Waals surface area contributed by atoms with Crippen molar-refractivity contribution in [2.45, 2.75) is 6.10 Å². The summed E-state index contributed by atoms with van der Waals surface area (Å²) < 4.78 is 4.86. The number of rotatable bonds is 5. The molecule has 0 aliphatic heterocycles. The zero-order valence-electron chi connectivity index (χ0n) is 10.1. The second-order valence-corrected chi connectivity index (χ2v) is 3.99. The Bertz CT molecular complexity index is 532. The van der Waals surface area contributed by atoms with E-state index >= 15 is 0 Å². The van der Waals surface area contributed by atoms with Gasteiger partial charge in [-0.25, -0.2) is 9.97 Å². The molecule has 1 aromatic heterocycles. The van der Waals surface area contributed by atoms with Gasteiger partial charge in [-0.3, -0.25) is 0 Å². The van der Waals surface area contributed by atoms with Crippen molar-refractivity contribution in [1.29, 1.82) is 0 Å². The normalized spacial score (nSPS) is 12.6. The highest BCUT2D eigenvalue weighted by atomic mass is 16.5. The van der Waals surface area contributed by atoms with Gasteiger partial charge in [0.2, 0.25) is 0 Å². The van der Waals surface area contributed by atoms with Crippen molar-refractivity contribution >= 4 is 22.4 Å². The van der Waals surface area contributed by atoms with E-state index in [4.69, 9.17) is 10.5 Å². The fourth-order valence-electron chi connectivity index (χ4n) is 1.68. The molecule has 1 heterocycles. The molecule has 96 valence electrons. The lowest BCUT2D eigenvalue weighted by atomic mass is 10.2. The molecular formula is C12H16N4O2. The maximum absolute atomic E-state index is 9.58. The molecule has 0 bridgehead atoms. The summed E-state index contributed by atoms with van der Waals surface area (Å²) in [5, 5.41) is 13.5. The number of aliphatic hydroxyl groups is 1. The van der Waals surface area contributed by atoms with E-state index in [0.717, 1.165) is 10.9 Å². The van der Waals surface area contributed by atoms with Crippen LogP contribution in [0, 0.1) is 0 Å². The third-order valence-electron chi connectivity index (χ3n) is 2.52. The zero-order valence-corrected chi connectivity index (χ0v) is 10.1. The van der Waals surface area contributed by atoms with Gasteiger partial charge in [0.1, 0.15) is 12.1 Å². The number of anilines is 2. The Morgan fingerprint density at radius 1 is 1.44 bits per heavy atom. The van der Waals surface area contributed by atoms with E-state index in [9.17, 15) is 5.11 Å². The van der Waals surface area contributed by atoms with E-state index < -0.39 is 6.10 Å². The molecular weight excluding hydrogens is 232 g/mol. The topological polar surface area (TPSA) is 93.3 Å². The first-order valence-corrected chi connectivity index (χ1v) is 5.62. The Labute approximate surface area is 105 Å². The first-order chi connectivity index (χ1) is 8.70. The summed E-state index contributed by atoms with van der Waals surface area (Å²) >= 11 is 0. The smallest absolute Gasteiger partial charge is 0.137 e. The predicted octanol–water partition coefficient (Wildman–Crippen LogP) is 0.631. The molecule has 1 atom stereocenters. The maximum Gasteiger partial charge on any atom is 0.137 e. The summed E-state index contributed by atoms with van der Waals surface area (Å²) in [5.74, 6) is 0.676. The highest BCUT2D eigenvalue weighted by Gasteiger charge is 2.07. The molecule has 2 aromatic rings. The van der Waals surface area contributed by atoms with Gasteiger partial charge in [-0.2, -0.15) is 0 Å². The summed E-state index contributed by atoms with van der Waals surface area (Å²) in [6.45, 7) is 0.646. The number of fused-ring (bicyclic) bond motifs is 1. The molecule has 0 fully saturated rings. The average molecular weight is 248 g/mol. The highest BCUT2D eigenvalue weighted by molar-refractivity contribution is 5.90. The van der Waals surface area contributed by atoms with Crippen LogP contribution in [0.3, 0.4) is 0 Å². The maximum atomic E-state index is 9.58. The lowest BCUT2D eigenvalue weighted by Gasteiger charge is -2.12. The molecule has 0 saturated heterocycles. The number of nitrogens with zero attached hydrogens (tertiary/aromatic N) is 2. The van der Waals surface area contributed by atoms with Crippen LogP contribution in [0.5, 0.6) is 0 Å². The van der Waals surface area contributed by atoms with Gasteiger partial charge in [-0.05, 0) is 18.2 Å². The number of nitrogens with two attached hydrogens (primary N) is 1. The Balaban J connectivity index is 2.18. The molecule has 1 unspecified atom stereocenters. The van der Waals surface area contributed by atoms with Gasteiger partial charge in [-0.15, -0.1) is 0 Å². The van der Waals surface area contributed by atoms with Crippen LogP contribution in [0.15, 0.2) is 24.5 Å². The third-order valence-corrected chi connectivity index (χ3v) is 2.52. The van der Waals surface area contributed by atoms with E-state index in [1.807, 2.05) is 6.07 Å². The minimum Gasteiger partial charge on any atom is -0.399 e. The van der Waals surface area contributed by atoms with Gasteiger partial charge in [0.25, 0.3) is 0 Å². The summed E-state index contributed by atoms with van der Waals surface area (Å²) in [6.07, 6.45) is 0.890. The van der Waals surface area contributed by atoms with E-state index in [1.165, 1.54) is 6.33 Å². The molecule has 0 aliphatic rings. The molecule has 0 radical (unpaired) electrons. The highest BCUT2D eigenvalue weighted by Crippen LogP contribution is 2.20. The fourth-order valence-corrected chi connectivity index (χ4v) is 1.68. The lowest BCUT2D eigenvalue weighted by Crippen LogP contribution is -2.24. The lowest BCUT2D eigenvalue weighted by molar-refractivity contribution is 0.0727. The number of ether oxygens (including phenoxy) is 1. The first-order valence-electron chi connectivity index (χ1n) is 5.62. The van der Waals surface area contributed by atoms with Gasteiger partial charge in [0, 0.05) is 24.7 Å². The van der Waals surface area contributed by atoms with Gasteiger partial charge >= 0.3 is 0 Å². The van der Waals surface area contributed by atoms with E-state index in [-0.39, 0.29) is 6.61 Å². The van der Waals surface area contributed by atoms with Crippen LogP contribution in [-0.2, 0) is 4.74 Å². The molecule has 2 rings (SSSR count). The molecule has 4 N–H and O–H groups in total. The summed E-state index contributed by atoms with van der Waals surface area (Å²) in [5.41, 5.74) is 7.13. The SMILES string of the molecule is COCC(O)CNc1ncnc2cc(N)ccc12. The van der Waals surface area contributed by atoms with Crippen molar-refractivity contribution in [3.63, 3.8) is 0 Å². The van der Waals surface area contributed by atoms with Gasteiger partial charge in [-0.1, -0.05) is 0 Å². The van der Waals surface area contributed by atoms with Crippen molar-refractivity contribution in [3.05, 3.63) is 24.5 Å². The van der Waals surface area contributed by atoms with Crippen LogP contribution in [0.4, 0.5) is 11.5 Å². The summed E-state index contributed by atoms with van der Waals surface area (Å²) in [7, 11) is 1.55. The quantitative estimate of drug-likeness (QED) is 0.672. The molecule has 0 spiro atoms. The number of nitrogen functional groups attached to an aromatic ring is 1. The third kappa shape index (κ3) is 2.85. The Morgan fingerprint density at radius 3 is 3.06 bits per heavy atom. The minimum atomic E-state index is -0.575. The van der Waals surface area contributed by atoms with Gasteiger partial charge < -0.3 is 20.9 Å². The molecule has 1 aromatic carbocycles. The summed E-state index contributed by atoms with van der Waals surface area (Å²) in [6, 6.07) is 5.44. The zero-order chi connectivity index (χ0) is 13.0. The number of aromatic nitrogens is 2. The second-order valence-electron chi connectivity index (χ2n) is 3.99. The van der Waals surface area contributed by atoms with Crippen LogP contribution in [-0.4, -0.2) is 41.4 Å². The number of aliphatic hydroxyl groups excluding tert-OH is 1. The van der Waals surface area contributed by atoms with Crippen molar-refractivity contribution in [1.82, 2.24) is 9.97 Å². The van der Waals surface area contributed by atoms with Crippen LogP contribution in [0.1, 0.15) is 0 Å². The number of methoxy groups -OCH3 is 1. The van der Waals surface area contributed by atoms with Gasteiger partial charge in [0.05, 0.1) is 18.2 Å². The molecule has 6 nitrogen and oxygen atoms in total. The Hall–Kier alpha value is -1.92. The average Bonchev–Trinajstić information content (AvgIpc) is 2.36.